The van der Waals surface area contributed by atoms with Crippen LogP contribution in [0.15, 0.2) is 48.5 Å². The van der Waals surface area contributed by atoms with E-state index in [9.17, 15) is 0 Å². The summed E-state index contributed by atoms with van der Waals surface area (Å²) in [6, 6.07) is 16.0. The largest absolute Gasteiger partial charge is 0.497 e. The van der Waals surface area contributed by atoms with Gasteiger partial charge in [0.1, 0.15) is 11.5 Å². The first-order valence-electron chi connectivity index (χ1n) is 8.20. The number of hydrogen-bond donors (Lipinski definition) is 2. The Kier molecular flexibility index (Phi) is 5.05. The number of rotatable bonds is 6. The van der Waals surface area contributed by atoms with E-state index in [0.29, 0.717) is 6.54 Å². The molecule has 1 atom stereocenters. The van der Waals surface area contributed by atoms with E-state index in [1.165, 1.54) is 5.56 Å². The van der Waals surface area contributed by atoms with E-state index in [1.54, 1.807) is 14.2 Å². The number of aryl methyl sites for hydroxylation is 1. The molecule has 5 heteroatoms. The molecule has 0 aliphatic heterocycles. The lowest BCUT2D eigenvalue weighted by Gasteiger charge is -2.17. The van der Waals surface area contributed by atoms with E-state index in [2.05, 4.69) is 23.2 Å². The van der Waals surface area contributed by atoms with Crippen molar-refractivity contribution in [3.8, 4) is 22.8 Å². The highest BCUT2D eigenvalue weighted by Crippen LogP contribution is 2.33. The first-order chi connectivity index (χ1) is 12.2. The van der Waals surface area contributed by atoms with Crippen LogP contribution in [-0.4, -0.2) is 31.0 Å². The molecule has 0 amide bonds. The fraction of sp³-hybridized carbons (Fsp3) is 0.250. The second-order valence-electron chi connectivity index (χ2n) is 5.97. The SMILES string of the molecule is COc1ccc(-c2cc(C(CN)c3cc(C)ccc3OC)[nH]n2)cc1. The lowest BCUT2D eigenvalue weighted by atomic mass is 9.93. The van der Waals surface area contributed by atoms with Gasteiger partial charge in [0.25, 0.3) is 0 Å². The molecule has 0 saturated carbocycles. The summed E-state index contributed by atoms with van der Waals surface area (Å²) in [6.07, 6.45) is 0. The van der Waals surface area contributed by atoms with Crippen molar-refractivity contribution < 1.29 is 9.47 Å². The second kappa shape index (κ2) is 7.40. The van der Waals surface area contributed by atoms with Crippen LogP contribution in [0.5, 0.6) is 11.5 Å². The molecule has 0 aliphatic rings. The molecular weight excluding hydrogens is 314 g/mol. The second-order valence-corrected chi connectivity index (χ2v) is 5.97. The molecule has 2 aromatic carbocycles. The highest BCUT2D eigenvalue weighted by molar-refractivity contribution is 5.61. The van der Waals surface area contributed by atoms with E-state index in [1.807, 2.05) is 42.5 Å². The summed E-state index contributed by atoms with van der Waals surface area (Å²) in [6.45, 7) is 2.52. The van der Waals surface area contributed by atoms with Crippen molar-refractivity contribution in [1.29, 1.82) is 0 Å². The van der Waals surface area contributed by atoms with Crippen molar-refractivity contribution >= 4 is 0 Å². The highest BCUT2D eigenvalue weighted by atomic mass is 16.5. The third kappa shape index (κ3) is 3.51. The quantitative estimate of drug-likeness (QED) is 0.722. The predicted octanol–water partition coefficient (Wildman–Crippen LogP) is 3.49. The average molecular weight is 337 g/mol. The Labute approximate surface area is 147 Å². The summed E-state index contributed by atoms with van der Waals surface area (Å²) in [7, 11) is 3.33. The van der Waals surface area contributed by atoms with Gasteiger partial charge in [-0.2, -0.15) is 5.10 Å². The van der Waals surface area contributed by atoms with Crippen molar-refractivity contribution in [3.05, 3.63) is 65.4 Å². The minimum atomic E-state index is -0.00523. The van der Waals surface area contributed by atoms with Crippen LogP contribution in [0.1, 0.15) is 22.7 Å². The number of nitrogens with one attached hydrogen (secondary N) is 1. The third-order valence-electron chi connectivity index (χ3n) is 4.36. The number of methoxy groups -OCH3 is 2. The standard InChI is InChI=1S/C20H23N3O2/c1-13-4-9-20(25-3)16(10-13)17(12-21)19-11-18(22-23-19)14-5-7-15(24-2)8-6-14/h4-11,17H,12,21H2,1-3H3,(H,22,23). The number of H-pyrrole nitrogens is 1. The summed E-state index contributed by atoms with van der Waals surface area (Å²) in [5.41, 5.74) is 11.2. The highest BCUT2D eigenvalue weighted by Gasteiger charge is 2.20. The van der Waals surface area contributed by atoms with Crippen LogP contribution in [0.25, 0.3) is 11.3 Å². The van der Waals surface area contributed by atoms with Crippen LogP contribution in [0, 0.1) is 6.92 Å². The number of benzene rings is 2. The number of aromatic amines is 1. The molecule has 0 bridgehead atoms. The van der Waals surface area contributed by atoms with Crippen LogP contribution in [-0.2, 0) is 0 Å². The Hall–Kier alpha value is -2.79. The Morgan fingerprint density at radius 2 is 1.80 bits per heavy atom. The molecule has 1 unspecified atom stereocenters. The van der Waals surface area contributed by atoms with Crippen molar-refractivity contribution in [2.45, 2.75) is 12.8 Å². The number of ether oxygens (including phenoxy) is 2. The van der Waals surface area contributed by atoms with Crippen LogP contribution in [0.2, 0.25) is 0 Å². The van der Waals surface area contributed by atoms with E-state index >= 15 is 0 Å². The maximum absolute atomic E-state index is 6.08. The van der Waals surface area contributed by atoms with Crippen molar-refractivity contribution in [2.75, 3.05) is 20.8 Å². The van der Waals surface area contributed by atoms with Gasteiger partial charge in [-0.1, -0.05) is 17.7 Å². The van der Waals surface area contributed by atoms with E-state index < -0.39 is 0 Å². The normalized spacial score (nSPS) is 12.0. The summed E-state index contributed by atoms with van der Waals surface area (Å²) in [5, 5.41) is 7.59. The summed E-state index contributed by atoms with van der Waals surface area (Å²) in [4.78, 5) is 0. The van der Waals surface area contributed by atoms with Crippen LogP contribution < -0.4 is 15.2 Å². The summed E-state index contributed by atoms with van der Waals surface area (Å²) in [5.74, 6) is 1.65. The molecular formula is C20H23N3O2. The number of hydrogen-bond acceptors (Lipinski definition) is 4. The molecule has 130 valence electrons. The fourth-order valence-electron chi connectivity index (χ4n) is 2.97. The predicted molar refractivity (Wildman–Crippen MR) is 99.2 cm³/mol. The summed E-state index contributed by atoms with van der Waals surface area (Å²) < 4.78 is 10.7. The van der Waals surface area contributed by atoms with Gasteiger partial charge in [0.2, 0.25) is 0 Å². The Morgan fingerprint density at radius 1 is 1.04 bits per heavy atom. The molecule has 1 aromatic heterocycles. The number of aromatic nitrogens is 2. The molecule has 25 heavy (non-hydrogen) atoms. The third-order valence-corrected chi connectivity index (χ3v) is 4.36. The van der Waals surface area contributed by atoms with Gasteiger partial charge in [0.15, 0.2) is 0 Å². The molecule has 3 aromatic rings. The molecule has 0 spiro atoms. The molecule has 0 radical (unpaired) electrons. The zero-order valence-corrected chi connectivity index (χ0v) is 14.7. The van der Waals surface area contributed by atoms with Crippen LogP contribution in [0.3, 0.4) is 0 Å². The molecule has 0 fully saturated rings. The topological polar surface area (TPSA) is 73.2 Å². The lowest BCUT2D eigenvalue weighted by Crippen LogP contribution is -2.15. The van der Waals surface area contributed by atoms with Gasteiger partial charge in [-0.25, -0.2) is 0 Å². The Balaban J connectivity index is 1.95. The first-order valence-corrected chi connectivity index (χ1v) is 8.20. The van der Waals surface area contributed by atoms with Gasteiger partial charge in [-0.3, -0.25) is 5.10 Å². The van der Waals surface area contributed by atoms with Crippen molar-refractivity contribution in [2.24, 2.45) is 5.73 Å². The fourth-order valence-corrected chi connectivity index (χ4v) is 2.97. The van der Waals surface area contributed by atoms with Gasteiger partial charge in [0.05, 0.1) is 19.9 Å². The Morgan fingerprint density at radius 3 is 2.44 bits per heavy atom. The maximum atomic E-state index is 6.08. The minimum Gasteiger partial charge on any atom is -0.497 e. The average Bonchev–Trinajstić information content (AvgIpc) is 3.12. The van der Waals surface area contributed by atoms with Crippen molar-refractivity contribution in [3.63, 3.8) is 0 Å². The molecule has 5 nitrogen and oxygen atoms in total. The maximum Gasteiger partial charge on any atom is 0.122 e. The van der Waals surface area contributed by atoms with E-state index in [-0.39, 0.29) is 5.92 Å². The molecule has 3 N–H and O–H groups in total. The van der Waals surface area contributed by atoms with Crippen molar-refractivity contribution in [1.82, 2.24) is 10.2 Å². The van der Waals surface area contributed by atoms with Gasteiger partial charge >= 0.3 is 0 Å². The number of nitrogens with zero attached hydrogens (tertiary/aromatic N) is 1. The minimum absolute atomic E-state index is 0.00523. The van der Waals surface area contributed by atoms with Gasteiger partial charge in [0, 0.05) is 29.3 Å². The zero-order chi connectivity index (χ0) is 17.8. The Bertz CT molecular complexity index is 840. The number of nitrogens with two attached hydrogens (primary N) is 1. The molecule has 0 saturated heterocycles. The van der Waals surface area contributed by atoms with Crippen LogP contribution in [0.4, 0.5) is 0 Å². The van der Waals surface area contributed by atoms with Gasteiger partial charge < -0.3 is 15.2 Å². The molecule has 1 heterocycles. The lowest BCUT2D eigenvalue weighted by molar-refractivity contribution is 0.407. The van der Waals surface area contributed by atoms with Crippen LogP contribution >= 0.6 is 0 Å². The monoisotopic (exact) mass is 337 g/mol. The van der Waals surface area contributed by atoms with Gasteiger partial charge in [-0.15, -0.1) is 0 Å². The smallest absolute Gasteiger partial charge is 0.122 e. The molecule has 0 aliphatic carbocycles. The van der Waals surface area contributed by atoms with Gasteiger partial charge in [-0.05, 0) is 43.3 Å². The first kappa shape index (κ1) is 17.0. The van der Waals surface area contributed by atoms with E-state index in [0.717, 1.165) is 34.0 Å². The molecule has 3 rings (SSSR count). The summed E-state index contributed by atoms with van der Waals surface area (Å²) >= 11 is 0. The zero-order valence-electron chi connectivity index (χ0n) is 14.7. The van der Waals surface area contributed by atoms with E-state index in [4.69, 9.17) is 15.2 Å².